The van der Waals surface area contributed by atoms with Crippen LogP contribution in [-0.4, -0.2) is 49.1 Å². The first-order valence-electron chi connectivity index (χ1n) is 8.34. The molecule has 8 heteroatoms. The van der Waals surface area contributed by atoms with Crippen molar-refractivity contribution in [2.75, 3.05) is 13.1 Å². The molecule has 2 aliphatic rings. The van der Waals surface area contributed by atoms with Crippen LogP contribution < -0.4 is 0 Å². The number of amides is 1. The van der Waals surface area contributed by atoms with E-state index in [4.69, 9.17) is 4.52 Å². The number of aromatic nitrogens is 4. The maximum Gasteiger partial charge on any atom is 0.291 e. The zero-order valence-electron chi connectivity index (χ0n) is 13.3. The van der Waals surface area contributed by atoms with Gasteiger partial charge in [-0.25, -0.2) is 9.97 Å². The molecule has 24 heavy (non-hydrogen) atoms. The second-order valence-electron chi connectivity index (χ2n) is 6.45. The lowest BCUT2D eigenvalue weighted by atomic mass is 9.85. The van der Waals surface area contributed by atoms with Gasteiger partial charge in [-0.05, 0) is 25.7 Å². The van der Waals surface area contributed by atoms with Crippen LogP contribution in [-0.2, 0) is 0 Å². The van der Waals surface area contributed by atoms with E-state index in [1.165, 1.54) is 18.8 Å². The van der Waals surface area contributed by atoms with E-state index in [1.54, 1.807) is 4.90 Å². The summed E-state index contributed by atoms with van der Waals surface area (Å²) in [6.45, 7) is 1.21. The topological polar surface area (TPSA) is 105 Å². The molecule has 1 saturated heterocycles. The van der Waals surface area contributed by atoms with Gasteiger partial charge in [0.25, 0.3) is 5.91 Å². The summed E-state index contributed by atoms with van der Waals surface area (Å²) < 4.78 is 5.44. The smallest absolute Gasteiger partial charge is 0.291 e. The Morgan fingerprint density at radius 3 is 2.46 bits per heavy atom. The van der Waals surface area contributed by atoms with Crippen molar-refractivity contribution in [1.82, 2.24) is 25.0 Å². The number of nitrogens with zero attached hydrogens (tertiary/aromatic N) is 5. The van der Waals surface area contributed by atoms with Crippen molar-refractivity contribution in [3.05, 3.63) is 29.9 Å². The number of hydrogen-bond donors (Lipinski definition) is 1. The quantitative estimate of drug-likeness (QED) is 0.916. The van der Waals surface area contributed by atoms with E-state index in [-0.39, 0.29) is 23.4 Å². The average Bonchev–Trinajstić information content (AvgIpc) is 3.03. The number of likely N-dealkylation sites (tertiary alicyclic amines) is 1. The van der Waals surface area contributed by atoms with Gasteiger partial charge < -0.3 is 14.5 Å². The zero-order valence-corrected chi connectivity index (χ0v) is 13.3. The Morgan fingerprint density at radius 1 is 1.12 bits per heavy atom. The third-order valence-corrected chi connectivity index (χ3v) is 4.89. The third kappa shape index (κ3) is 2.83. The largest absolute Gasteiger partial charge is 0.505 e. The summed E-state index contributed by atoms with van der Waals surface area (Å²) in [6.07, 6.45) is 7.58. The van der Waals surface area contributed by atoms with Crippen LogP contribution in [0, 0.1) is 0 Å². The summed E-state index contributed by atoms with van der Waals surface area (Å²) in [7, 11) is 0. The first-order valence-corrected chi connectivity index (χ1v) is 8.34. The van der Waals surface area contributed by atoms with Gasteiger partial charge in [0.05, 0.1) is 12.4 Å². The fourth-order valence-electron chi connectivity index (χ4n) is 3.15. The van der Waals surface area contributed by atoms with E-state index >= 15 is 0 Å². The molecule has 1 amide bonds. The molecule has 1 N–H and O–H groups in total. The fourth-order valence-corrected chi connectivity index (χ4v) is 3.15. The number of aromatic hydroxyl groups is 1. The van der Waals surface area contributed by atoms with Gasteiger partial charge in [0, 0.05) is 24.9 Å². The molecule has 4 rings (SSSR count). The van der Waals surface area contributed by atoms with Crippen molar-refractivity contribution in [1.29, 1.82) is 0 Å². The lowest BCUT2D eigenvalue weighted by molar-refractivity contribution is 0.0692. The summed E-state index contributed by atoms with van der Waals surface area (Å²) >= 11 is 0. The van der Waals surface area contributed by atoms with E-state index in [2.05, 4.69) is 20.1 Å². The molecule has 2 aromatic rings. The van der Waals surface area contributed by atoms with Gasteiger partial charge >= 0.3 is 0 Å². The molecule has 0 aromatic carbocycles. The summed E-state index contributed by atoms with van der Waals surface area (Å²) in [4.78, 5) is 26.4. The maximum absolute atomic E-state index is 12.4. The molecule has 8 nitrogen and oxygen atoms in total. The van der Waals surface area contributed by atoms with E-state index in [9.17, 15) is 9.90 Å². The molecule has 126 valence electrons. The van der Waals surface area contributed by atoms with Crippen LogP contribution in [0.15, 0.2) is 16.9 Å². The summed E-state index contributed by atoms with van der Waals surface area (Å²) in [5.74, 6) is 2.05. The fraction of sp³-hybridized carbons (Fsp3) is 0.562. The monoisotopic (exact) mass is 329 g/mol. The first kappa shape index (κ1) is 15.0. The van der Waals surface area contributed by atoms with Crippen molar-refractivity contribution in [3.8, 4) is 5.75 Å². The predicted molar refractivity (Wildman–Crippen MR) is 82.5 cm³/mol. The number of carbonyl (C=O) groups is 1. The van der Waals surface area contributed by atoms with Crippen LogP contribution in [0.25, 0.3) is 0 Å². The lowest BCUT2D eigenvalue weighted by Gasteiger charge is -2.29. The van der Waals surface area contributed by atoms with Crippen molar-refractivity contribution in [3.63, 3.8) is 0 Å². The average molecular weight is 329 g/mol. The zero-order chi connectivity index (χ0) is 16.5. The van der Waals surface area contributed by atoms with Crippen LogP contribution in [0.4, 0.5) is 0 Å². The highest BCUT2D eigenvalue weighted by Crippen LogP contribution is 2.36. The van der Waals surface area contributed by atoms with Crippen LogP contribution >= 0.6 is 0 Å². The van der Waals surface area contributed by atoms with Gasteiger partial charge in [0.15, 0.2) is 11.6 Å². The van der Waals surface area contributed by atoms with E-state index < -0.39 is 0 Å². The Morgan fingerprint density at radius 2 is 1.83 bits per heavy atom. The van der Waals surface area contributed by atoms with Gasteiger partial charge in [-0.3, -0.25) is 4.79 Å². The van der Waals surface area contributed by atoms with Gasteiger partial charge in [-0.1, -0.05) is 11.6 Å². The minimum atomic E-state index is -0.214. The molecule has 0 bridgehead atoms. The summed E-state index contributed by atoms with van der Waals surface area (Å²) in [6, 6.07) is 0. The van der Waals surface area contributed by atoms with Gasteiger partial charge in [0.2, 0.25) is 11.7 Å². The minimum absolute atomic E-state index is 0.0519. The van der Waals surface area contributed by atoms with E-state index in [0.717, 1.165) is 31.5 Å². The van der Waals surface area contributed by atoms with Crippen molar-refractivity contribution in [2.24, 2.45) is 0 Å². The Bertz CT molecular complexity index is 718. The standard InChI is InChI=1S/C16H19N5O3/c22-12-8-17-14(18-9-12)16(23)21-6-4-11(5-7-21)15-19-13(20-24-15)10-2-1-3-10/h8-11,22H,1-7H2. The van der Waals surface area contributed by atoms with Gasteiger partial charge in [0.1, 0.15) is 0 Å². The molecule has 1 saturated carbocycles. The molecule has 1 aliphatic heterocycles. The molecule has 0 atom stereocenters. The Balaban J connectivity index is 1.36. The number of carbonyl (C=O) groups excluding carboxylic acids is 1. The molecule has 1 aliphatic carbocycles. The van der Waals surface area contributed by atoms with Crippen molar-refractivity contribution >= 4 is 5.91 Å². The predicted octanol–water partition coefficient (Wildman–Crippen LogP) is 1.85. The lowest BCUT2D eigenvalue weighted by Crippen LogP contribution is -2.38. The van der Waals surface area contributed by atoms with Gasteiger partial charge in [-0.2, -0.15) is 4.98 Å². The van der Waals surface area contributed by atoms with Crippen LogP contribution in [0.1, 0.15) is 66.3 Å². The highest BCUT2D eigenvalue weighted by Gasteiger charge is 2.31. The number of rotatable bonds is 3. The molecule has 2 aromatic heterocycles. The number of hydrogen-bond acceptors (Lipinski definition) is 7. The Labute approximate surface area is 138 Å². The summed E-state index contributed by atoms with van der Waals surface area (Å²) in [5, 5.41) is 13.3. The molecular weight excluding hydrogens is 310 g/mol. The first-order chi connectivity index (χ1) is 11.7. The van der Waals surface area contributed by atoms with Gasteiger partial charge in [-0.15, -0.1) is 0 Å². The molecule has 2 fully saturated rings. The van der Waals surface area contributed by atoms with Crippen molar-refractivity contribution in [2.45, 2.75) is 43.9 Å². The Hall–Kier alpha value is -2.51. The third-order valence-electron chi connectivity index (χ3n) is 4.89. The SMILES string of the molecule is O=C(c1ncc(O)cn1)N1CCC(c2nc(C3CCC3)no2)CC1. The van der Waals surface area contributed by atoms with Crippen LogP contribution in [0.3, 0.4) is 0 Å². The second kappa shape index (κ2) is 6.18. The Kier molecular flexibility index (Phi) is 3.87. The van der Waals surface area contributed by atoms with E-state index in [1.807, 2.05) is 0 Å². The molecule has 0 spiro atoms. The molecule has 0 radical (unpaired) electrons. The minimum Gasteiger partial charge on any atom is -0.505 e. The molecule has 0 unspecified atom stereocenters. The molecular formula is C16H19N5O3. The maximum atomic E-state index is 12.4. The normalized spacial score (nSPS) is 19.2. The second-order valence-corrected chi connectivity index (χ2v) is 6.45. The highest BCUT2D eigenvalue weighted by molar-refractivity contribution is 5.90. The van der Waals surface area contributed by atoms with Crippen LogP contribution in [0.5, 0.6) is 5.75 Å². The molecule has 3 heterocycles. The van der Waals surface area contributed by atoms with E-state index in [0.29, 0.717) is 24.9 Å². The van der Waals surface area contributed by atoms with Crippen molar-refractivity contribution < 1.29 is 14.4 Å². The van der Waals surface area contributed by atoms with Crippen LogP contribution in [0.2, 0.25) is 0 Å². The highest BCUT2D eigenvalue weighted by atomic mass is 16.5. The number of piperidine rings is 1. The summed E-state index contributed by atoms with van der Waals surface area (Å²) in [5.41, 5.74) is 0.